The fourth-order valence-corrected chi connectivity index (χ4v) is 2.51. The highest BCUT2D eigenvalue weighted by molar-refractivity contribution is 6.00. The van der Waals surface area contributed by atoms with Crippen LogP contribution in [0.15, 0.2) is 30.3 Å². The molecule has 0 amide bonds. The number of ketones is 2. The smallest absolute Gasteiger partial charge is 0.163 e. The molecule has 0 aromatic heterocycles. The molecule has 1 saturated carbocycles. The Morgan fingerprint density at radius 1 is 1.24 bits per heavy atom. The second kappa shape index (κ2) is 4.82. The molecule has 0 heterocycles. The fourth-order valence-electron chi connectivity index (χ4n) is 2.51. The zero-order chi connectivity index (χ0) is 12.3. The fraction of sp³-hybridized carbons (Fsp3) is 0.467. The molecule has 1 fully saturated rings. The zero-order valence-corrected chi connectivity index (χ0v) is 10.2. The first-order valence-electron chi connectivity index (χ1n) is 6.23. The van der Waals surface area contributed by atoms with Crippen molar-refractivity contribution >= 4 is 11.6 Å². The summed E-state index contributed by atoms with van der Waals surface area (Å²) in [4.78, 5) is 24.0. The molecule has 1 aromatic carbocycles. The normalized spacial score (nSPS) is 24.6. The minimum absolute atomic E-state index is 0.0864. The highest BCUT2D eigenvalue weighted by Gasteiger charge is 2.36. The first-order valence-corrected chi connectivity index (χ1v) is 6.23. The van der Waals surface area contributed by atoms with Crippen molar-refractivity contribution < 1.29 is 9.59 Å². The third-order valence-corrected chi connectivity index (χ3v) is 3.70. The lowest BCUT2D eigenvalue weighted by Crippen LogP contribution is -2.33. The van der Waals surface area contributed by atoms with Crippen LogP contribution < -0.4 is 0 Å². The van der Waals surface area contributed by atoms with Gasteiger partial charge < -0.3 is 0 Å². The van der Waals surface area contributed by atoms with Crippen LogP contribution in [0.4, 0.5) is 0 Å². The van der Waals surface area contributed by atoms with Gasteiger partial charge in [0.2, 0.25) is 0 Å². The highest BCUT2D eigenvalue weighted by Crippen LogP contribution is 2.36. The van der Waals surface area contributed by atoms with Gasteiger partial charge >= 0.3 is 0 Å². The summed E-state index contributed by atoms with van der Waals surface area (Å²) in [6.07, 6.45) is 3.89. The van der Waals surface area contributed by atoms with E-state index < -0.39 is 5.41 Å². The number of carbonyl (C=O) groups is 2. The van der Waals surface area contributed by atoms with Crippen molar-refractivity contribution in [2.24, 2.45) is 5.41 Å². The first-order chi connectivity index (χ1) is 8.12. The zero-order valence-electron chi connectivity index (χ0n) is 10.2. The molecule has 0 aliphatic heterocycles. The molecule has 1 unspecified atom stereocenters. The van der Waals surface area contributed by atoms with Crippen molar-refractivity contribution in [1.82, 2.24) is 0 Å². The van der Waals surface area contributed by atoms with Gasteiger partial charge in [0.05, 0.1) is 0 Å². The summed E-state index contributed by atoms with van der Waals surface area (Å²) in [6, 6.07) is 9.25. The van der Waals surface area contributed by atoms with Gasteiger partial charge in [0, 0.05) is 23.8 Å². The molecule has 2 rings (SSSR count). The van der Waals surface area contributed by atoms with E-state index in [1.165, 1.54) is 0 Å². The molecule has 0 radical (unpaired) electrons. The van der Waals surface area contributed by atoms with Crippen LogP contribution in [-0.2, 0) is 4.79 Å². The maximum atomic E-state index is 12.1. The van der Waals surface area contributed by atoms with E-state index in [-0.39, 0.29) is 11.6 Å². The Hall–Kier alpha value is -1.44. The van der Waals surface area contributed by atoms with Gasteiger partial charge in [-0.2, -0.15) is 0 Å². The van der Waals surface area contributed by atoms with Crippen molar-refractivity contribution in [2.45, 2.75) is 39.0 Å². The van der Waals surface area contributed by atoms with Gasteiger partial charge in [0.25, 0.3) is 0 Å². The maximum absolute atomic E-state index is 12.1. The number of rotatable bonds is 3. The van der Waals surface area contributed by atoms with E-state index in [2.05, 4.69) is 0 Å². The number of Topliss-reactive ketones (excluding diaryl/α,β-unsaturated/α-hetero) is 2. The van der Waals surface area contributed by atoms with E-state index in [4.69, 9.17) is 0 Å². The lowest BCUT2D eigenvalue weighted by Gasteiger charge is -2.31. The number of hydrogen-bond acceptors (Lipinski definition) is 2. The molecule has 90 valence electrons. The Kier molecular flexibility index (Phi) is 3.41. The van der Waals surface area contributed by atoms with Gasteiger partial charge in [-0.1, -0.05) is 43.7 Å². The number of carbonyl (C=O) groups excluding carboxylic acids is 2. The maximum Gasteiger partial charge on any atom is 0.163 e. The van der Waals surface area contributed by atoms with Crippen LogP contribution in [0.3, 0.4) is 0 Å². The van der Waals surface area contributed by atoms with E-state index >= 15 is 0 Å². The van der Waals surface area contributed by atoms with Crippen molar-refractivity contribution in [3.63, 3.8) is 0 Å². The van der Waals surface area contributed by atoms with Crippen molar-refractivity contribution in [3.8, 4) is 0 Å². The second-order valence-corrected chi connectivity index (χ2v) is 5.16. The van der Waals surface area contributed by atoms with Crippen LogP contribution in [0.1, 0.15) is 49.4 Å². The molecule has 1 atom stereocenters. The van der Waals surface area contributed by atoms with Crippen LogP contribution in [0.25, 0.3) is 0 Å². The van der Waals surface area contributed by atoms with E-state index in [1.54, 1.807) is 0 Å². The van der Waals surface area contributed by atoms with Gasteiger partial charge in [-0.25, -0.2) is 0 Å². The second-order valence-electron chi connectivity index (χ2n) is 5.16. The van der Waals surface area contributed by atoms with Crippen LogP contribution in [-0.4, -0.2) is 11.6 Å². The Morgan fingerprint density at radius 3 is 2.59 bits per heavy atom. The molecule has 0 spiro atoms. The number of benzene rings is 1. The average molecular weight is 230 g/mol. The summed E-state index contributed by atoms with van der Waals surface area (Å²) < 4.78 is 0. The summed E-state index contributed by atoms with van der Waals surface area (Å²) in [5, 5.41) is 0. The van der Waals surface area contributed by atoms with Gasteiger partial charge in [-0.15, -0.1) is 0 Å². The van der Waals surface area contributed by atoms with Crippen LogP contribution in [0, 0.1) is 5.41 Å². The molecule has 0 bridgehead atoms. The molecule has 1 aliphatic rings. The monoisotopic (exact) mass is 230 g/mol. The summed E-state index contributed by atoms with van der Waals surface area (Å²) in [5.41, 5.74) is 0.289. The van der Waals surface area contributed by atoms with Crippen LogP contribution in [0.2, 0.25) is 0 Å². The van der Waals surface area contributed by atoms with Gasteiger partial charge in [-0.3, -0.25) is 9.59 Å². The Bertz CT molecular complexity index is 422. The van der Waals surface area contributed by atoms with E-state index in [9.17, 15) is 9.59 Å². The summed E-state index contributed by atoms with van der Waals surface area (Å²) in [6.45, 7) is 1.94. The molecular weight excluding hydrogens is 212 g/mol. The molecule has 2 heteroatoms. The van der Waals surface area contributed by atoms with Crippen molar-refractivity contribution in [2.75, 3.05) is 0 Å². The molecule has 1 aromatic rings. The third kappa shape index (κ3) is 2.63. The first kappa shape index (κ1) is 12.0. The van der Waals surface area contributed by atoms with Crippen LogP contribution in [0.5, 0.6) is 0 Å². The summed E-state index contributed by atoms with van der Waals surface area (Å²) in [7, 11) is 0. The highest BCUT2D eigenvalue weighted by atomic mass is 16.1. The molecular formula is C15H18O2. The minimum Gasteiger partial charge on any atom is -0.299 e. The van der Waals surface area contributed by atoms with Gasteiger partial charge in [0.1, 0.15) is 5.78 Å². The van der Waals surface area contributed by atoms with Gasteiger partial charge in [0.15, 0.2) is 5.78 Å². The lowest BCUT2D eigenvalue weighted by molar-refractivity contribution is -0.130. The van der Waals surface area contributed by atoms with Crippen molar-refractivity contribution in [3.05, 3.63) is 35.9 Å². The van der Waals surface area contributed by atoms with Crippen molar-refractivity contribution in [1.29, 1.82) is 0 Å². The molecule has 1 aliphatic carbocycles. The summed E-state index contributed by atoms with van der Waals surface area (Å²) >= 11 is 0. The van der Waals surface area contributed by atoms with Gasteiger partial charge in [-0.05, 0) is 12.8 Å². The third-order valence-electron chi connectivity index (χ3n) is 3.70. The average Bonchev–Trinajstić information content (AvgIpc) is 2.34. The predicted molar refractivity (Wildman–Crippen MR) is 67.0 cm³/mol. The van der Waals surface area contributed by atoms with E-state index in [0.717, 1.165) is 19.3 Å². The minimum atomic E-state index is -0.425. The number of hydrogen-bond donors (Lipinski definition) is 0. The largest absolute Gasteiger partial charge is 0.299 e. The van der Waals surface area contributed by atoms with E-state index in [0.29, 0.717) is 18.4 Å². The quantitative estimate of drug-likeness (QED) is 0.746. The summed E-state index contributed by atoms with van der Waals surface area (Å²) in [5.74, 6) is 0.344. The molecule has 0 N–H and O–H groups in total. The standard InChI is InChI=1S/C15H18O2/c1-15(10-6-5-9-14(15)17)11-13(16)12-7-3-2-4-8-12/h2-4,7-8H,5-6,9-11H2,1H3. The molecule has 0 saturated heterocycles. The molecule has 2 nitrogen and oxygen atoms in total. The molecule has 17 heavy (non-hydrogen) atoms. The SMILES string of the molecule is CC1(CC(=O)c2ccccc2)CCCCC1=O. The Balaban J connectivity index is 2.10. The topological polar surface area (TPSA) is 34.1 Å². The van der Waals surface area contributed by atoms with E-state index in [1.807, 2.05) is 37.3 Å². The lowest BCUT2D eigenvalue weighted by atomic mass is 9.71. The Labute approximate surface area is 102 Å². The predicted octanol–water partition coefficient (Wildman–Crippen LogP) is 3.41. The Morgan fingerprint density at radius 2 is 1.94 bits per heavy atom. The van der Waals surface area contributed by atoms with Crippen LogP contribution >= 0.6 is 0 Å².